The fourth-order valence-corrected chi connectivity index (χ4v) is 1.41. The van der Waals surface area contributed by atoms with Crippen molar-refractivity contribution in [2.24, 2.45) is 5.92 Å². The Morgan fingerprint density at radius 1 is 1.15 bits per heavy atom. The first-order valence-electron chi connectivity index (χ1n) is 6.58. The molecule has 0 bridgehead atoms. The molecular weight excluding hydrogens is 254 g/mol. The smallest absolute Gasteiger partial charge is 0.244 e. The third kappa shape index (κ3) is 6.04. The molecule has 4 N–H and O–H groups in total. The molecule has 5 heteroatoms. The van der Waals surface area contributed by atoms with Gasteiger partial charge < -0.3 is 16.4 Å². The number of carbonyl (C=O) groups is 2. The average molecular weight is 275 g/mol. The van der Waals surface area contributed by atoms with E-state index < -0.39 is 0 Å². The van der Waals surface area contributed by atoms with Crippen LogP contribution in [0.5, 0.6) is 0 Å². The van der Waals surface area contributed by atoms with Crippen molar-refractivity contribution in [2.45, 2.75) is 13.8 Å². The second-order valence-electron chi connectivity index (χ2n) is 4.74. The molecule has 0 fully saturated rings. The van der Waals surface area contributed by atoms with Crippen molar-refractivity contribution in [3.05, 3.63) is 35.9 Å². The molecule has 0 aromatic heterocycles. The van der Waals surface area contributed by atoms with Crippen molar-refractivity contribution in [1.82, 2.24) is 10.6 Å². The lowest BCUT2D eigenvalue weighted by Crippen LogP contribution is -2.35. The number of rotatable bonds is 6. The van der Waals surface area contributed by atoms with Crippen molar-refractivity contribution in [1.29, 1.82) is 0 Å². The maximum absolute atomic E-state index is 11.5. The molecule has 0 spiro atoms. The van der Waals surface area contributed by atoms with Crippen molar-refractivity contribution in [3.8, 4) is 0 Å². The lowest BCUT2D eigenvalue weighted by atomic mass is 10.2. The summed E-state index contributed by atoms with van der Waals surface area (Å²) in [4.78, 5) is 22.8. The van der Waals surface area contributed by atoms with Crippen LogP contribution < -0.4 is 16.4 Å². The predicted molar refractivity (Wildman–Crippen MR) is 80.7 cm³/mol. The zero-order valence-corrected chi connectivity index (χ0v) is 11.8. The number of nitrogens with two attached hydrogens (primary N) is 1. The van der Waals surface area contributed by atoms with Gasteiger partial charge >= 0.3 is 0 Å². The van der Waals surface area contributed by atoms with Gasteiger partial charge in [0.15, 0.2) is 0 Å². The zero-order chi connectivity index (χ0) is 15.0. The number of nitrogen functional groups attached to an aromatic ring is 1. The Labute approximate surface area is 119 Å². The van der Waals surface area contributed by atoms with E-state index in [1.807, 2.05) is 26.0 Å². The molecule has 5 nitrogen and oxygen atoms in total. The summed E-state index contributed by atoms with van der Waals surface area (Å²) in [6.45, 7) is 4.48. The molecule has 0 radical (unpaired) electrons. The summed E-state index contributed by atoms with van der Waals surface area (Å²) in [7, 11) is 0. The number of amides is 2. The molecule has 1 rings (SSSR count). The van der Waals surface area contributed by atoms with Gasteiger partial charge in [-0.05, 0) is 23.8 Å². The van der Waals surface area contributed by atoms with Gasteiger partial charge in [0, 0.05) is 30.8 Å². The molecule has 0 aliphatic rings. The van der Waals surface area contributed by atoms with E-state index in [9.17, 15) is 9.59 Å². The van der Waals surface area contributed by atoms with Crippen LogP contribution in [-0.2, 0) is 9.59 Å². The first kappa shape index (κ1) is 15.8. The maximum Gasteiger partial charge on any atom is 0.244 e. The van der Waals surface area contributed by atoms with Crippen LogP contribution in [0.3, 0.4) is 0 Å². The molecule has 20 heavy (non-hydrogen) atoms. The quantitative estimate of drug-likeness (QED) is 0.414. The molecule has 0 aliphatic carbocycles. The Morgan fingerprint density at radius 3 is 2.35 bits per heavy atom. The Hall–Kier alpha value is -2.30. The summed E-state index contributed by atoms with van der Waals surface area (Å²) in [5.74, 6) is -0.256. The van der Waals surface area contributed by atoms with E-state index in [1.165, 1.54) is 6.08 Å². The zero-order valence-electron chi connectivity index (χ0n) is 11.8. The van der Waals surface area contributed by atoms with E-state index in [0.717, 1.165) is 5.56 Å². The van der Waals surface area contributed by atoms with Crippen LogP contribution in [0, 0.1) is 5.92 Å². The van der Waals surface area contributed by atoms with Crippen LogP contribution in [0.4, 0.5) is 5.69 Å². The van der Waals surface area contributed by atoms with Crippen LogP contribution in [0.2, 0.25) is 0 Å². The summed E-state index contributed by atoms with van der Waals surface area (Å²) in [6, 6.07) is 7.22. The Bertz CT molecular complexity index is 478. The molecule has 0 saturated carbocycles. The van der Waals surface area contributed by atoms with Crippen molar-refractivity contribution in [3.63, 3.8) is 0 Å². The van der Waals surface area contributed by atoms with E-state index in [-0.39, 0.29) is 17.7 Å². The highest BCUT2D eigenvalue weighted by Crippen LogP contribution is 2.06. The minimum absolute atomic E-state index is 0.0170. The molecule has 0 aliphatic heterocycles. The number of anilines is 1. The van der Waals surface area contributed by atoms with E-state index >= 15 is 0 Å². The fourth-order valence-electron chi connectivity index (χ4n) is 1.41. The number of benzene rings is 1. The lowest BCUT2D eigenvalue weighted by molar-refractivity contribution is -0.124. The van der Waals surface area contributed by atoms with Gasteiger partial charge in [-0.25, -0.2) is 0 Å². The standard InChI is InChI=1S/C15H21N3O2/c1-11(2)15(20)18-10-9-17-14(19)8-5-12-3-6-13(16)7-4-12/h3-8,11H,9-10,16H2,1-2H3,(H,17,19)(H,18,20)/b8-5+. The summed E-state index contributed by atoms with van der Waals surface area (Å²) < 4.78 is 0. The molecular formula is C15H21N3O2. The largest absolute Gasteiger partial charge is 0.399 e. The average Bonchev–Trinajstić information content (AvgIpc) is 2.42. The van der Waals surface area contributed by atoms with Gasteiger partial charge in [-0.1, -0.05) is 26.0 Å². The summed E-state index contributed by atoms with van der Waals surface area (Å²) in [5, 5.41) is 5.42. The molecule has 0 unspecified atom stereocenters. The van der Waals surface area contributed by atoms with Gasteiger partial charge in [-0.2, -0.15) is 0 Å². The first-order chi connectivity index (χ1) is 9.49. The second-order valence-corrected chi connectivity index (χ2v) is 4.74. The molecule has 0 atom stereocenters. The van der Waals surface area contributed by atoms with Crippen LogP contribution in [0.25, 0.3) is 6.08 Å². The number of carbonyl (C=O) groups excluding carboxylic acids is 2. The Morgan fingerprint density at radius 2 is 1.75 bits per heavy atom. The monoisotopic (exact) mass is 275 g/mol. The number of hydrogen-bond donors (Lipinski definition) is 3. The second kappa shape index (κ2) is 7.99. The van der Waals surface area contributed by atoms with Gasteiger partial charge in [0.1, 0.15) is 0 Å². The maximum atomic E-state index is 11.5. The first-order valence-corrected chi connectivity index (χ1v) is 6.58. The van der Waals surface area contributed by atoms with Crippen molar-refractivity contribution >= 4 is 23.6 Å². The van der Waals surface area contributed by atoms with Crippen LogP contribution in [-0.4, -0.2) is 24.9 Å². The highest BCUT2D eigenvalue weighted by Gasteiger charge is 2.04. The summed E-state index contributed by atoms with van der Waals surface area (Å²) in [6.07, 6.45) is 3.16. The fraction of sp³-hybridized carbons (Fsp3) is 0.333. The molecule has 2 amide bonds. The van der Waals surface area contributed by atoms with Crippen LogP contribution >= 0.6 is 0 Å². The minimum Gasteiger partial charge on any atom is -0.399 e. The van der Waals surface area contributed by atoms with Crippen molar-refractivity contribution in [2.75, 3.05) is 18.8 Å². The Kier molecular flexibility index (Phi) is 6.29. The van der Waals surface area contributed by atoms with Gasteiger partial charge in [-0.15, -0.1) is 0 Å². The van der Waals surface area contributed by atoms with Crippen LogP contribution in [0.1, 0.15) is 19.4 Å². The van der Waals surface area contributed by atoms with Gasteiger partial charge in [0.05, 0.1) is 0 Å². The van der Waals surface area contributed by atoms with E-state index in [4.69, 9.17) is 5.73 Å². The topological polar surface area (TPSA) is 84.2 Å². The minimum atomic E-state index is -0.194. The van der Waals surface area contributed by atoms with Crippen molar-refractivity contribution < 1.29 is 9.59 Å². The Balaban J connectivity index is 2.26. The van der Waals surface area contributed by atoms with Gasteiger partial charge in [0.25, 0.3) is 0 Å². The highest BCUT2D eigenvalue weighted by atomic mass is 16.2. The molecule has 0 heterocycles. The molecule has 0 saturated heterocycles. The van der Waals surface area contributed by atoms with Gasteiger partial charge in [-0.3, -0.25) is 9.59 Å². The van der Waals surface area contributed by atoms with E-state index in [0.29, 0.717) is 18.8 Å². The van der Waals surface area contributed by atoms with E-state index in [2.05, 4.69) is 10.6 Å². The number of nitrogens with one attached hydrogen (secondary N) is 2. The predicted octanol–water partition coefficient (Wildman–Crippen LogP) is 1.17. The third-order valence-electron chi connectivity index (χ3n) is 2.61. The molecule has 108 valence electrons. The van der Waals surface area contributed by atoms with E-state index in [1.54, 1.807) is 18.2 Å². The summed E-state index contributed by atoms with van der Waals surface area (Å²) in [5.41, 5.74) is 7.16. The number of hydrogen-bond acceptors (Lipinski definition) is 3. The normalized spacial score (nSPS) is 10.8. The highest BCUT2D eigenvalue weighted by molar-refractivity contribution is 5.91. The lowest BCUT2D eigenvalue weighted by Gasteiger charge is -2.07. The van der Waals surface area contributed by atoms with Gasteiger partial charge in [0.2, 0.25) is 11.8 Å². The molecule has 1 aromatic carbocycles. The third-order valence-corrected chi connectivity index (χ3v) is 2.61. The molecule has 1 aromatic rings. The SMILES string of the molecule is CC(C)C(=O)NCCNC(=O)/C=C/c1ccc(N)cc1. The van der Waals surface area contributed by atoms with Crippen LogP contribution in [0.15, 0.2) is 30.3 Å². The summed E-state index contributed by atoms with van der Waals surface area (Å²) >= 11 is 0.